The second-order valence-corrected chi connectivity index (χ2v) is 6.60. The minimum atomic E-state index is -2.77. The molecule has 1 aliphatic carbocycles. The summed E-state index contributed by atoms with van der Waals surface area (Å²) in [5, 5.41) is 12.8. The number of halogens is 2. The van der Waals surface area contributed by atoms with Crippen molar-refractivity contribution in [2.24, 2.45) is 5.92 Å². The lowest BCUT2D eigenvalue weighted by Crippen LogP contribution is -2.44. The summed E-state index contributed by atoms with van der Waals surface area (Å²) < 4.78 is 27.2. The average molecular weight is 345 g/mol. The van der Waals surface area contributed by atoms with Crippen LogP contribution in [0.15, 0.2) is 60.7 Å². The van der Waals surface area contributed by atoms with E-state index in [-0.39, 0.29) is 25.3 Å². The minimum Gasteiger partial charge on any atom is -0.480 e. The molecule has 3 nitrogen and oxygen atoms in total. The van der Waals surface area contributed by atoms with Gasteiger partial charge in [0.2, 0.25) is 5.92 Å². The smallest absolute Gasteiger partial charge is 0.321 e. The third-order valence-electron chi connectivity index (χ3n) is 4.79. The summed E-state index contributed by atoms with van der Waals surface area (Å²) in [6, 6.07) is 17.6. The van der Waals surface area contributed by atoms with Crippen molar-refractivity contribution >= 4 is 5.97 Å². The largest absolute Gasteiger partial charge is 0.480 e. The third kappa shape index (κ3) is 4.23. The Balaban J connectivity index is 1.89. The van der Waals surface area contributed by atoms with E-state index in [0.717, 1.165) is 11.1 Å². The van der Waals surface area contributed by atoms with Crippen molar-refractivity contribution in [1.29, 1.82) is 0 Å². The summed E-state index contributed by atoms with van der Waals surface area (Å²) in [4.78, 5) is 11.8. The van der Waals surface area contributed by atoms with E-state index in [0.29, 0.717) is 0 Å². The van der Waals surface area contributed by atoms with Crippen LogP contribution in [0.1, 0.15) is 36.4 Å². The topological polar surface area (TPSA) is 49.3 Å². The van der Waals surface area contributed by atoms with E-state index >= 15 is 0 Å². The Morgan fingerprint density at radius 1 is 1.04 bits per heavy atom. The van der Waals surface area contributed by atoms with Crippen LogP contribution < -0.4 is 5.32 Å². The van der Waals surface area contributed by atoms with Gasteiger partial charge in [0.05, 0.1) is 6.04 Å². The summed E-state index contributed by atoms with van der Waals surface area (Å²) in [5.41, 5.74) is 1.81. The molecular formula is C20H21F2NO2. The van der Waals surface area contributed by atoms with E-state index in [1.54, 1.807) is 0 Å². The standard InChI is InChI=1S/C20H21F2NO2/c21-20(22)12-11-16(13-20)18(19(24)25)23-17(14-7-3-1-4-8-14)15-9-5-2-6-10-15/h1-10,16-18,23H,11-13H2,(H,24,25)/t16?,18-/m0/s1. The van der Waals surface area contributed by atoms with E-state index in [1.807, 2.05) is 60.7 Å². The van der Waals surface area contributed by atoms with Gasteiger partial charge in [-0.05, 0) is 23.5 Å². The summed E-state index contributed by atoms with van der Waals surface area (Å²) in [7, 11) is 0. The number of carboxylic acids is 1. The van der Waals surface area contributed by atoms with Crippen LogP contribution in [0, 0.1) is 5.92 Å². The number of hydrogen-bond donors (Lipinski definition) is 2. The van der Waals surface area contributed by atoms with Crippen LogP contribution in [0.5, 0.6) is 0 Å². The van der Waals surface area contributed by atoms with Gasteiger partial charge in [0, 0.05) is 12.8 Å². The molecule has 3 rings (SSSR count). The van der Waals surface area contributed by atoms with E-state index in [4.69, 9.17) is 0 Å². The fourth-order valence-electron chi connectivity index (χ4n) is 3.53. The molecule has 0 aliphatic heterocycles. The quantitative estimate of drug-likeness (QED) is 0.823. The van der Waals surface area contributed by atoms with Crippen molar-refractivity contribution in [2.45, 2.75) is 37.3 Å². The molecule has 2 aromatic rings. The van der Waals surface area contributed by atoms with Gasteiger partial charge in [0.1, 0.15) is 6.04 Å². The van der Waals surface area contributed by atoms with Gasteiger partial charge >= 0.3 is 5.97 Å². The van der Waals surface area contributed by atoms with Crippen LogP contribution in [0.4, 0.5) is 8.78 Å². The molecule has 132 valence electrons. The molecule has 1 aliphatic rings. The van der Waals surface area contributed by atoms with E-state index in [9.17, 15) is 18.7 Å². The molecule has 1 unspecified atom stereocenters. The lowest BCUT2D eigenvalue weighted by Gasteiger charge is -2.28. The zero-order chi connectivity index (χ0) is 17.9. The highest BCUT2D eigenvalue weighted by Gasteiger charge is 2.45. The Morgan fingerprint density at radius 2 is 1.56 bits per heavy atom. The minimum absolute atomic E-state index is 0.216. The Labute approximate surface area is 145 Å². The highest BCUT2D eigenvalue weighted by molar-refractivity contribution is 5.74. The van der Waals surface area contributed by atoms with Crippen molar-refractivity contribution < 1.29 is 18.7 Å². The Hall–Kier alpha value is -2.27. The summed E-state index contributed by atoms with van der Waals surface area (Å²) in [6.07, 6.45) is -0.412. The molecule has 0 spiro atoms. The van der Waals surface area contributed by atoms with Gasteiger partial charge < -0.3 is 5.11 Å². The molecule has 0 aromatic heterocycles. The maximum Gasteiger partial charge on any atom is 0.321 e. The monoisotopic (exact) mass is 345 g/mol. The highest BCUT2D eigenvalue weighted by atomic mass is 19.3. The van der Waals surface area contributed by atoms with Gasteiger partial charge in [-0.15, -0.1) is 0 Å². The second-order valence-electron chi connectivity index (χ2n) is 6.60. The first kappa shape index (κ1) is 17.5. The lowest BCUT2D eigenvalue weighted by atomic mass is 9.93. The van der Waals surface area contributed by atoms with E-state index in [1.165, 1.54) is 0 Å². The van der Waals surface area contributed by atoms with Crippen molar-refractivity contribution in [2.75, 3.05) is 0 Å². The number of carbonyl (C=O) groups is 1. The first-order valence-corrected chi connectivity index (χ1v) is 8.43. The number of alkyl halides is 2. The molecule has 5 heteroatoms. The van der Waals surface area contributed by atoms with Gasteiger partial charge in [-0.1, -0.05) is 60.7 Å². The van der Waals surface area contributed by atoms with Crippen molar-refractivity contribution in [3.63, 3.8) is 0 Å². The van der Waals surface area contributed by atoms with Crippen LogP contribution in [0.2, 0.25) is 0 Å². The zero-order valence-corrected chi connectivity index (χ0v) is 13.7. The molecule has 25 heavy (non-hydrogen) atoms. The Bertz CT molecular complexity index is 667. The molecule has 2 atom stereocenters. The maximum absolute atomic E-state index is 13.6. The zero-order valence-electron chi connectivity index (χ0n) is 13.7. The SMILES string of the molecule is O=C(O)[C@@H](NC(c1ccccc1)c1ccccc1)C1CCC(F)(F)C1. The fourth-order valence-corrected chi connectivity index (χ4v) is 3.53. The van der Waals surface area contributed by atoms with Crippen LogP contribution in [0.3, 0.4) is 0 Å². The number of benzene rings is 2. The first-order chi connectivity index (χ1) is 12.0. The van der Waals surface area contributed by atoms with Crippen molar-refractivity contribution in [1.82, 2.24) is 5.32 Å². The molecule has 0 saturated heterocycles. The molecule has 0 amide bonds. The van der Waals surface area contributed by atoms with E-state index in [2.05, 4.69) is 5.32 Å². The lowest BCUT2D eigenvalue weighted by molar-refractivity contribution is -0.141. The van der Waals surface area contributed by atoms with Crippen LogP contribution in [0.25, 0.3) is 0 Å². The average Bonchev–Trinajstić information content (AvgIpc) is 2.96. The predicted molar refractivity (Wildman–Crippen MR) is 91.6 cm³/mol. The molecule has 2 aromatic carbocycles. The molecule has 0 bridgehead atoms. The maximum atomic E-state index is 13.6. The van der Waals surface area contributed by atoms with Gasteiger partial charge in [-0.3, -0.25) is 10.1 Å². The van der Waals surface area contributed by atoms with Gasteiger partial charge in [-0.25, -0.2) is 8.78 Å². The third-order valence-corrected chi connectivity index (χ3v) is 4.79. The van der Waals surface area contributed by atoms with Crippen molar-refractivity contribution in [3.8, 4) is 0 Å². The van der Waals surface area contributed by atoms with E-state index < -0.39 is 23.9 Å². The first-order valence-electron chi connectivity index (χ1n) is 8.43. The van der Waals surface area contributed by atoms with Crippen LogP contribution in [-0.4, -0.2) is 23.0 Å². The molecule has 1 saturated carbocycles. The van der Waals surface area contributed by atoms with Gasteiger partial charge in [0.25, 0.3) is 0 Å². The molecule has 0 radical (unpaired) electrons. The number of hydrogen-bond acceptors (Lipinski definition) is 2. The normalized spacial score (nSPS) is 20.5. The summed E-state index contributed by atoms with van der Waals surface area (Å²) in [6.45, 7) is 0. The highest BCUT2D eigenvalue weighted by Crippen LogP contribution is 2.41. The molecule has 0 heterocycles. The molecule has 2 N–H and O–H groups in total. The van der Waals surface area contributed by atoms with Crippen LogP contribution in [-0.2, 0) is 4.79 Å². The summed E-state index contributed by atoms with van der Waals surface area (Å²) >= 11 is 0. The van der Waals surface area contributed by atoms with Crippen molar-refractivity contribution in [3.05, 3.63) is 71.8 Å². The Kier molecular flexibility index (Phi) is 5.13. The predicted octanol–water partition coefficient (Wildman–Crippen LogP) is 4.25. The number of rotatable bonds is 6. The number of aliphatic carboxylic acids is 1. The fraction of sp³-hybridized carbons (Fsp3) is 0.350. The van der Waals surface area contributed by atoms with Gasteiger partial charge in [-0.2, -0.15) is 0 Å². The van der Waals surface area contributed by atoms with Gasteiger partial charge in [0.15, 0.2) is 0 Å². The Morgan fingerprint density at radius 3 is 1.96 bits per heavy atom. The second kappa shape index (κ2) is 7.31. The number of carboxylic acid groups (broad SMARTS) is 1. The molecule has 1 fully saturated rings. The number of nitrogens with one attached hydrogen (secondary N) is 1. The summed E-state index contributed by atoms with van der Waals surface area (Å²) in [5.74, 6) is -4.43. The molecular weight excluding hydrogens is 324 g/mol. The van der Waals surface area contributed by atoms with Crippen LogP contribution >= 0.6 is 0 Å².